The number of aryl methyl sites for hydroxylation is 1. The fourth-order valence-corrected chi connectivity index (χ4v) is 2.71. The highest BCUT2D eigenvalue weighted by atomic mass is 16.5. The van der Waals surface area contributed by atoms with E-state index in [9.17, 15) is 0 Å². The van der Waals surface area contributed by atoms with Gasteiger partial charge in [-0.05, 0) is 31.0 Å². The highest BCUT2D eigenvalue weighted by Gasteiger charge is 2.23. The lowest BCUT2D eigenvalue weighted by Crippen LogP contribution is -2.01. The van der Waals surface area contributed by atoms with Gasteiger partial charge < -0.3 is 19.0 Å². The van der Waals surface area contributed by atoms with Crippen molar-refractivity contribution in [1.82, 2.24) is 20.1 Å². The number of hydrogen-bond donors (Lipinski definition) is 1. The zero-order chi connectivity index (χ0) is 15.6. The summed E-state index contributed by atoms with van der Waals surface area (Å²) in [6.07, 6.45) is 0.943. The Morgan fingerprint density at radius 1 is 1.30 bits per heavy atom. The Morgan fingerprint density at radius 2 is 2.26 bits per heavy atom. The second-order valence-electron chi connectivity index (χ2n) is 5.80. The maximum atomic E-state index is 5.62. The second-order valence-corrected chi connectivity index (χ2v) is 5.80. The zero-order valence-corrected chi connectivity index (χ0v) is 12.9. The zero-order valence-electron chi connectivity index (χ0n) is 12.9. The molecule has 0 amide bonds. The van der Waals surface area contributed by atoms with Crippen LogP contribution in [0.4, 0.5) is 0 Å². The van der Waals surface area contributed by atoms with Crippen molar-refractivity contribution in [3.8, 4) is 0 Å². The number of rotatable bonds is 5. The molecule has 0 radical (unpaired) electrons. The molecule has 23 heavy (non-hydrogen) atoms. The van der Waals surface area contributed by atoms with Crippen LogP contribution in [-0.4, -0.2) is 33.3 Å². The number of imidazole rings is 1. The van der Waals surface area contributed by atoms with Crippen molar-refractivity contribution in [3.05, 3.63) is 41.3 Å². The van der Waals surface area contributed by atoms with E-state index in [0.29, 0.717) is 24.9 Å². The Balaban J connectivity index is 1.35. The van der Waals surface area contributed by atoms with Crippen molar-refractivity contribution in [2.75, 3.05) is 13.2 Å². The summed E-state index contributed by atoms with van der Waals surface area (Å²) >= 11 is 0. The Kier molecular flexibility index (Phi) is 3.80. The number of ether oxygens (including phenoxy) is 2. The number of nitrogens with zero attached hydrogens (tertiary/aromatic N) is 3. The number of benzene rings is 1. The summed E-state index contributed by atoms with van der Waals surface area (Å²) in [6.45, 7) is 4.13. The molecule has 1 unspecified atom stereocenters. The molecule has 0 spiro atoms. The van der Waals surface area contributed by atoms with E-state index in [1.165, 1.54) is 5.56 Å². The number of H-pyrrole nitrogens is 1. The van der Waals surface area contributed by atoms with Gasteiger partial charge >= 0.3 is 0 Å². The first-order valence-electron chi connectivity index (χ1n) is 7.71. The van der Waals surface area contributed by atoms with E-state index < -0.39 is 0 Å². The van der Waals surface area contributed by atoms with Gasteiger partial charge in [-0.1, -0.05) is 11.2 Å². The summed E-state index contributed by atoms with van der Waals surface area (Å²) in [5, 5.41) is 4.00. The van der Waals surface area contributed by atoms with Crippen molar-refractivity contribution in [3.63, 3.8) is 0 Å². The van der Waals surface area contributed by atoms with Gasteiger partial charge in [-0.25, -0.2) is 4.98 Å². The van der Waals surface area contributed by atoms with E-state index in [1.807, 2.05) is 12.1 Å². The molecular weight excluding hydrogens is 296 g/mol. The van der Waals surface area contributed by atoms with Gasteiger partial charge in [0.05, 0.1) is 17.6 Å². The largest absolute Gasteiger partial charge is 0.381 e. The van der Waals surface area contributed by atoms with E-state index in [-0.39, 0.29) is 12.5 Å². The van der Waals surface area contributed by atoms with Crippen LogP contribution in [0.1, 0.15) is 35.4 Å². The Morgan fingerprint density at radius 3 is 3.13 bits per heavy atom. The molecule has 7 heteroatoms. The molecule has 0 bridgehead atoms. The van der Waals surface area contributed by atoms with Crippen molar-refractivity contribution in [2.45, 2.75) is 32.5 Å². The maximum Gasteiger partial charge on any atom is 0.252 e. The van der Waals surface area contributed by atoms with Gasteiger partial charge in [0.1, 0.15) is 19.0 Å². The molecule has 120 valence electrons. The molecule has 3 aromatic rings. The monoisotopic (exact) mass is 314 g/mol. The molecule has 1 atom stereocenters. The molecule has 1 fully saturated rings. The molecule has 1 aromatic carbocycles. The van der Waals surface area contributed by atoms with E-state index in [1.54, 1.807) is 0 Å². The predicted molar refractivity (Wildman–Crippen MR) is 81.8 cm³/mol. The number of aromatic nitrogens is 4. The molecule has 0 saturated carbocycles. The van der Waals surface area contributed by atoms with Crippen LogP contribution in [0, 0.1) is 6.92 Å². The molecule has 2 aromatic heterocycles. The van der Waals surface area contributed by atoms with Crippen molar-refractivity contribution in [1.29, 1.82) is 0 Å². The number of aromatic amines is 1. The molecule has 1 N–H and O–H groups in total. The van der Waals surface area contributed by atoms with Crippen LogP contribution >= 0.6 is 0 Å². The van der Waals surface area contributed by atoms with Gasteiger partial charge in [-0.15, -0.1) is 0 Å². The van der Waals surface area contributed by atoms with Crippen LogP contribution in [-0.2, 0) is 22.7 Å². The fraction of sp³-hybridized carbons (Fsp3) is 0.438. The topological polar surface area (TPSA) is 86.1 Å². The summed E-state index contributed by atoms with van der Waals surface area (Å²) in [7, 11) is 0. The normalized spacial score (nSPS) is 18.0. The average molecular weight is 314 g/mol. The van der Waals surface area contributed by atoms with Crippen LogP contribution < -0.4 is 0 Å². The Labute approximate surface area is 133 Å². The van der Waals surface area contributed by atoms with Gasteiger partial charge in [-0.2, -0.15) is 4.98 Å². The first-order chi connectivity index (χ1) is 11.3. The molecule has 1 aliphatic heterocycles. The van der Waals surface area contributed by atoms with Gasteiger partial charge in [0.15, 0.2) is 5.82 Å². The lowest BCUT2D eigenvalue weighted by Gasteiger charge is -1.98. The predicted octanol–water partition coefficient (Wildman–Crippen LogP) is 2.48. The molecule has 7 nitrogen and oxygen atoms in total. The Hall–Kier alpha value is -2.25. The molecule has 4 rings (SSSR count). The molecular formula is C16H18N4O3. The van der Waals surface area contributed by atoms with Crippen LogP contribution in [0.3, 0.4) is 0 Å². The van der Waals surface area contributed by atoms with Gasteiger partial charge in [0, 0.05) is 12.5 Å². The third kappa shape index (κ3) is 3.11. The van der Waals surface area contributed by atoms with Crippen LogP contribution in [0.5, 0.6) is 0 Å². The second kappa shape index (κ2) is 6.10. The molecule has 1 saturated heterocycles. The highest BCUT2D eigenvalue weighted by Crippen LogP contribution is 2.22. The minimum absolute atomic E-state index is 0.242. The first kappa shape index (κ1) is 14.3. The third-order valence-electron chi connectivity index (χ3n) is 3.93. The van der Waals surface area contributed by atoms with Gasteiger partial charge in [-0.3, -0.25) is 0 Å². The minimum Gasteiger partial charge on any atom is -0.381 e. The summed E-state index contributed by atoms with van der Waals surface area (Å²) in [4.78, 5) is 12.1. The number of fused-ring (bicyclic) bond motifs is 1. The van der Waals surface area contributed by atoms with Gasteiger partial charge in [0.2, 0.25) is 0 Å². The Bertz CT molecular complexity index is 805. The SMILES string of the molecule is Cc1ccc2nc(COCc3nc(C4CCOC4)no3)[nH]c2c1. The van der Waals surface area contributed by atoms with Crippen molar-refractivity contribution in [2.24, 2.45) is 0 Å². The number of hydrogen-bond acceptors (Lipinski definition) is 6. The van der Waals surface area contributed by atoms with Crippen LogP contribution in [0.15, 0.2) is 22.7 Å². The average Bonchev–Trinajstić information content (AvgIpc) is 3.26. The fourth-order valence-electron chi connectivity index (χ4n) is 2.71. The summed E-state index contributed by atoms with van der Waals surface area (Å²) in [5.41, 5.74) is 3.16. The number of nitrogens with one attached hydrogen (secondary N) is 1. The minimum atomic E-state index is 0.242. The molecule has 3 heterocycles. The highest BCUT2D eigenvalue weighted by molar-refractivity contribution is 5.75. The molecule has 1 aliphatic rings. The van der Waals surface area contributed by atoms with Crippen LogP contribution in [0.2, 0.25) is 0 Å². The summed E-state index contributed by atoms with van der Waals surface area (Å²) in [6, 6.07) is 6.11. The van der Waals surface area contributed by atoms with E-state index >= 15 is 0 Å². The van der Waals surface area contributed by atoms with Gasteiger partial charge in [0.25, 0.3) is 5.89 Å². The standard InChI is InChI=1S/C16H18N4O3/c1-10-2-3-12-13(6-10)18-14(17-12)8-22-9-15-19-16(20-23-15)11-4-5-21-7-11/h2-3,6,11H,4-5,7-9H2,1H3,(H,17,18). The van der Waals surface area contributed by atoms with Crippen molar-refractivity contribution >= 4 is 11.0 Å². The first-order valence-corrected chi connectivity index (χ1v) is 7.71. The molecule has 0 aliphatic carbocycles. The quantitative estimate of drug-likeness (QED) is 0.778. The van der Waals surface area contributed by atoms with E-state index in [0.717, 1.165) is 29.9 Å². The smallest absolute Gasteiger partial charge is 0.252 e. The lowest BCUT2D eigenvalue weighted by atomic mass is 10.1. The van der Waals surface area contributed by atoms with E-state index in [2.05, 4.69) is 33.1 Å². The summed E-state index contributed by atoms with van der Waals surface area (Å²) < 4.78 is 16.2. The van der Waals surface area contributed by atoms with Crippen molar-refractivity contribution < 1.29 is 14.0 Å². The van der Waals surface area contributed by atoms with Crippen LogP contribution in [0.25, 0.3) is 11.0 Å². The third-order valence-corrected chi connectivity index (χ3v) is 3.93. The maximum absolute atomic E-state index is 5.62. The van der Waals surface area contributed by atoms with E-state index in [4.69, 9.17) is 14.0 Å². The summed E-state index contributed by atoms with van der Waals surface area (Å²) in [5.74, 6) is 2.22. The lowest BCUT2D eigenvalue weighted by molar-refractivity contribution is 0.0811.